The molecule has 3 nitrogen and oxygen atoms in total. The minimum atomic E-state index is -0.0374. The Bertz CT molecular complexity index is 1180. The lowest BCUT2D eigenvalue weighted by Gasteiger charge is -2.08. The summed E-state index contributed by atoms with van der Waals surface area (Å²) in [5.74, 6) is -0.0374. The van der Waals surface area contributed by atoms with Crippen LogP contribution in [0.15, 0.2) is 60.7 Å². The number of carbonyl (C=O) groups excluding carboxylic acids is 1. The number of nitrogens with one attached hydrogen (secondary N) is 1. The summed E-state index contributed by atoms with van der Waals surface area (Å²) in [4.78, 5) is 12.4. The van der Waals surface area contributed by atoms with Crippen molar-refractivity contribution in [2.45, 2.75) is 26.3 Å². The van der Waals surface area contributed by atoms with Crippen LogP contribution in [0.3, 0.4) is 0 Å². The predicted molar refractivity (Wildman–Crippen MR) is 119 cm³/mol. The Morgan fingerprint density at radius 3 is 2.54 bits per heavy atom. The van der Waals surface area contributed by atoms with E-state index < -0.39 is 0 Å². The van der Waals surface area contributed by atoms with Crippen molar-refractivity contribution >= 4 is 56.6 Å². The van der Waals surface area contributed by atoms with E-state index in [0.717, 1.165) is 23.2 Å². The third-order valence-corrected chi connectivity index (χ3v) is 5.60. The van der Waals surface area contributed by atoms with E-state index >= 15 is 0 Å². The van der Waals surface area contributed by atoms with Crippen LogP contribution in [0.4, 0.5) is 5.69 Å². The summed E-state index contributed by atoms with van der Waals surface area (Å²) in [5, 5.41) is 6.54. The maximum Gasteiger partial charge on any atom is 0.224 e. The van der Waals surface area contributed by atoms with Crippen LogP contribution in [0.1, 0.15) is 18.9 Å². The predicted octanol–water partition coefficient (Wildman–Crippen LogP) is 6.69. The first-order valence-corrected chi connectivity index (χ1v) is 10.1. The minimum Gasteiger partial charge on any atom is -0.341 e. The number of hydrogen-bond acceptors (Lipinski definition) is 1. The van der Waals surface area contributed by atoms with Crippen LogP contribution in [0.25, 0.3) is 21.8 Å². The molecule has 4 rings (SSSR count). The van der Waals surface area contributed by atoms with Crippen molar-refractivity contribution in [2.24, 2.45) is 0 Å². The Hall–Kier alpha value is -2.49. The Morgan fingerprint density at radius 1 is 0.964 bits per heavy atom. The molecule has 1 heterocycles. The van der Waals surface area contributed by atoms with Gasteiger partial charge in [-0.15, -0.1) is 0 Å². The number of aromatic nitrogens is 1. The van der Waals surface area contributed by atoms with Gasteiger partial charge in [-0.2, -0.15) is 0 Å². The second kappa shape index (κ2) is 7.86. The van der Waals surface area contributed by atoms with Crippen LogP contribution in [0.5, 0.6) is 0 Å². The molecule has 28 heavy (non-hydrogen) atoms. The monoisotopic (exact) mass is 410 g/mol. The number of nitrogens with zero attached hydrogens (tertiary/aromatic N) is 1. The van der Waals surface area contributed by atoms with Gasteiger partial charge in [-0.25, -0.2) is 0 Å². The topological polar surface area (TPSA) is 34.0 Å². The van der Waals surface area contributed by atoms with E-state index in [1.165, 1.54) is 16.4 Å². The lowest BCUT2D eigenvalue weighted by Crippen LogP contribution is -2.12. The van der Waals surface area contributed by atoms with Gasteiger partial charge in [0.05, 0.1) is 0 Å². The largest absolute Gasteiger partial charge is 0.341 e. The minimum absolute atomic E-state index is 0.0374. The summed E-state index contributed by atoms with van der Waals surface area (Å²) in [5.41, 5.74) is 4.11. The Labute approximate surface area is 173 Å². The maximum atomic E-state index is 12.4. The molecule has 5 heteroatoms. The number of anilines is 1. The van der Waals surface area contributed by atoms with Gasteiger partial charge in [-0.1, -0.05) is 47.5 Å². The van der Waals surface area contributed by atoms with E-state index in [9.17, 15) is 4.79 Å². The fraction of sp³-hybridized carbons (Fsp3) is 0.174. The first kappa shape index (κ1) is 18.9. The third kappa shape index (κ3) is 3.60. The second-order valence-corrected chi connectivity index (χ2v) is 7.62. The van der Waals surface area contributed by atoms with Gasteiger partial charge < -0.3 is 9.88 Å². The second-order valence-electron chi connectivity index (χ2n) is 6.78. The molecule has 1 N–H and O–H groups in total. The van der Waals surface area contributed by atoms with Crippen LogP contribution in [-0.2, 0) is 17.8 Å². The molecule has 0 aliphatic heterocycles. The molecule has 0 aliphatic carbocycles. The summed E-state index contributed by atoms with van der Waals surface area (Å²) in [6.07, 6.45) is 0.926. The molecule has 0 fully saturated rings. The highest BCUT2D eigenvalue weighted by Gasteiger charge is 2.11. The third-order valence-electron chi connectivity index (χ3n) is 5.01. The zero-order valence-corrected chi connectivity index (χ0v) is 17.0. The molecular formula is C23H20Cl2N2O. The molecule has 0 spiro atoms. The molecule has 1 amide bonds. The number of carbonyl (C=O) groups is 1. The zero-order valence-electron chi connectivity index (χ0n) is 15.5. The van der Waals surface area contributed by atoms with E-state index in [1.807, 2.05) is 18.2 Å². The van der Waals surface area contributed by atoms with Gasteiger partial charge in [0, 0.05) is 50.5 Å². The standard InChI is InChI=1S/C23H20Cl2N2O/c1-2-27-21-6-4-3-5-18(21)19-14-17(10-11-22(19)27)26-23(28)12-8-15-7-9-16(24)13-20(15)25/h3-7,9-11,13-14H,2,8,12H2,1H3,(H,26,28). The molecule has 1 aromatic heterocycles. The van der Waals surface area contributed by atoms with Crippen molar-refractivity contribution in [1.82, 2.24) is 4.57 Å². The Morgan fingerprint density at radius 2 is 1.75 bits per heavy atom. The lowest BCUT2D eigenvalue weighted by atomic mass is 10.1. The van der Waals surface area contributed by atoms with Crippen molar-refractivity contribution in [3.63, 3.8) is 0 Å². The molecule has 0 unspecified atom stereocenters. The number of benzene rings is 3. The zero-order chi connectivity index (χ0) is 19.7. The van der Waals surface area contributed by atoms with Gasteiger partial charge >= 0.3 is 0 Å². The molecule has 0 bridgehead atoms. The summed E-state index contributed by atoms with van der Waals surface area (Å²) in [6.45, 7) is 3.04. The van der Waals surface area contributed by atoms with E-state index in [0.29, 0.717) is 22.9 Å². The van der Waals surface area contributed by atoms with E-state index in [4.69, 9.17) is 23.2 Å². The summed E-state index contributed by atoms with van der Waals surface area (Å²) in [6, 6.07) is 19.8. The maximum absolute atomic E-state index is 12.4. The molecule has 4 aromatic rings. The Kier molecular flexibility index (Phi) is 5.29. The normalized spacial score (nSPS) is 11.2. The molecule has 0 radical (unpaired) electrons. The summed E-state index contributed by atoms with van der Waals surface area (Å²) < 4.78 is 2.29. The number of hydrogen-bond donors (Lipinski definition) is 1. The molecular weight excluding hydrogens is 391 g/mol. The van der Waals surface area contributed by atoms with Gasteiger partial charge in [0.2, 0.25) is 5.91 Å². The van der Waals surface area contributed by atoms with Crippen LogP contribution < -0.4 is 5.32 Å². The van der Waals surface area contributed by atoms with Gasteiger partial charge in [0.1, 0.15) is 0 Å². The van der Waals surface area contributed by atoms with Crippen molar-refractivity contribution in [1.29, 1.82) is 0 Å². The van der Waals surface area contributed by atoms with E-state index in [-0.39, 0.29) is 5.91 Å². The lowest BCUT2D eigenvalue weighted by molar-refractivity contribution is -0.116. The van der Waals surface area contributed by atoms with Crippen molar-refractivity contribution in [2.75, 3.05) is 5.32 Å². The smallest absolute Gasteiger partial charge is 0.224 e. The summed E-state index contributed by atoms with van der Waals surface area (Å²) in [7, 11) is 0. The van der Waals surface area contributed by atoms with E-state index in [2.05, 4.69) is 47.1 Å². The molecule has 0 saturated carbocycles. The van der Waals surface area contributed by atoms with Gasteiger partial charge in [-0.3, -0.25) is 4.79 Å². The van der Waals surface area contributed by atoms with Crippen LogP contribution in [0.2, 0.25) is 10.0 Å². The molecule has 0 atom stereocenters. The van der Waals surface area contributed by atoms with Crippen LogP contribution >= 0.6 is 23.2 Å². The van der Waals surface area contributed by atoms with Gasteiger partial charge in [-0.05, 0) is 55.3 Å². The SMILES string of the molecule is CCn1c2ccccc2c2cc(NC(=O)CCc3ccc(Cl)cc3Cl)ccc21. The molecule has 0 saturated heterocycles. The molecule has 142 valence electrons. The number of aryl methyl sites for hydroxylation is 2. The average Bonchev–Trinajstić information content (AvgIpc) is 3.00. The Balaban J connectivity index is 1.54. The van der Waals surface area contributed by atoms with Crippen molar-refractivity contribution < 1.29 is 4.79 Å². The van der Waals surface area contributed by atoms with Crippen molar-refractivity contribution in [3.8, 4) is 0 Å². The first-order valence-electron chi connectivity index (χ1n) is 9.31. The highest BCUT2D eigenvalue weighted by Crippen LogP contribution is 2.31. The number of halogens is 2. The quantitative estimate of drug-likeness (QED) is 0.390. The first-order chi connectivity index (χ1) is 13.6. The molecule has 0 aliphatic rings. The number of rotatable bonds is 5. The number of amides is 1. The van der Waals surface area contributed by atoms with Crippen LogP contribution in [-0.4, -0.2) is 10.5 Å². The van der Waals surface area contributed by atoms with Crippen LogP contribution in [0, 0.1) is 0 Å². The summed E-state index contributed by atoms with van der Waals surface area (Å²) >= 11 is 12.1. The fourth-order valence-electron chi connectivity index (χ4n) is 3.67. The number of fused-ring (bicyclic) bond motifs is 3. The number of para-hydroxylation sites is 1. The highest BCUT2D eigenvalue weighted by atomic mass is 35.5. The van der Waals surface area contributed by atoms with Gasteiger partial charge in [0.15, 0.2) is 0 Å². The molecule has 3 aromatic carbocycles. The average molecular weight is 411 g/mol. The highest BCUT2D eigenvalue weighted by molar-refractivity contribution is 6.35. The van der Waals surface area contributed by atoms with E-state index in [1.54, 1.807) is 12.1 Å². The fourth-order valence-corrected chi connectivity index (χ4v) is 4.17. The van der Waals surface area contributed by atoms with Gasteiger partial charge in [0.25, 0.3) is 0 Å². The van der Waals surface area contributed by atoms with Crippen molar-refractivity contribution in [3.05, 3.63) is 76.3 Å².